The first-order chi connectivity index (χ1) is 9.61. The second-order valence-corrected chi connectivity index (χ2v) is 4.86. The quantitative estimate of drug-likeness (QED) is 0.924. The van der Waals surface area contributed by atoms with Crippen LogP contribution in [0.15, 0.2) is 36.7 Å². The molecule has 2 aromatic heterocycles. The molecule has 0 saturated heterocycles. The lowest BCUT2D eigenvalue weighted by Gasteiger charge is -2.10. The van der Waals surface area contributed by atoms with E-state index in [0.29, 0.717) is 17.6 Å². The molecule has 2 heterocycles. The van der Waals surface area contributed by atoms with Gasteiger partial charge in [-0.15, -0.1) is 0 Å². The number of nitrogens with two attached hydrogens (primary N) is 1. The molecule has 20 heavy (non-hydrogen) atoms. The van der Waals surface area contributed by atoms with Gasteiger partial charge in [-0.2, -0.15) is 4.98 Å². The van der Waals surface area contributed by atoms with Crippen molar-refractivity contribution in [2.45, 2.75) is 13.8 Å². The molecule has 2 N–H and O–H groups in total. The number of ether oxygens (including phenoxy) is 1. The van der Waals surface area contributed by atoms with E-state index < -0.39 is 0 Å². The van der Waals surface area contributed by atoms with Gasteiger partial charge in [0, 0.05) is 23.5 Å². The minimum atomic E-state index is 0.443. The molecular weight excluding hydrogens is 250 g/mol. The number of allylic oxidation sites excluding steroid dienone is 1. The molecule has 0 bridgehead atoms. The third-order valence-electron chi connectivity index (χ3n) is 2.88. The number of aromatic nitrogens is 2. The van der Waals surface area contributed by atoms with Crippen molar-refractivity contribution in [3.05, 3.63) is 42.2 Å². The van der Waals surface area contributed by atoms with Crippen LogP contribution in [0.1, 0.15) is 19.4 Å². The Labute approximate surface area is 119 Å². The largest absolute Gasteiger partial charge is 0.480 e. The zero-order chi connectivity index (χ0) is 14.5. The van der Waals surface area contributed by atoms with Gasteiger partial charge in [-0.1, -0.05) is 26.0 Å². The summed E-state index contributed by atoms with van der Waals surface area (Å²) in [5, 5.41) is 0. The maximum Gasteiger partial charge on any atom is 0.223 e. The monoisotopic (exact) mass is 269 g/mol. The first-order valence-electron chi connectivity index (χ1n) is 6.55. The van der Waals surface area contributed by atoms with Gasteiger partial charge < -0.3 is 10.5 Å². The Balaban J connectivity index is 2.53. The summed E-state index contributed by atoms with van der Waals surface area (Å²) in [4.78, 5) is 8.40. The molecule has 0 aliphatic heterocycles. The fraction of sp³-hybridized carbons (Fsp3) is 0.250. The summed E-state index contributed by atoms with van der Waals surface area (Å²) >= 11 is 0. The number of rotatable bonds is 4. The van der Waals surface area contributed by atoms with Crippen molar-refractivity contribution in [1.82, 2.24) is 9.97 Å². The van der Waals surface area contributed by atoms with Crippen molar-refractivity contribution >= 4 is 11.9 Å². The number of hydrogen-bond donors (Lipinski definition) is 1. The van der Waals surface area contributed by atoms with Crippen molar-refractivity contribution in [3.63, 3.8) is 0 Å². The maximum atomic E-state index is 5.70. The van der Waals surface area contributed by atoms with Crippen LogP contribution in [0.5, 0.6) is 5.88 Å². The Morgan fingerprint density at radius 1 is 1.20 bits per heavy atom. The molecule has 0 aliphatic carbocycles. The first-order valence-corrected chi connectivity index (χ1v) is 6.55. The highest BCUT2D eigenvalue weighted by Gasteiger charge is 2.10. The Hall–Kier alpha value is -2.36. The molecule has 4 nitrogen and oxygen atoms in total. The van der Waals surface area contributed by atoms with Gasteiger partial charge in [-0.3, -0.25) is 4.98 Å². The van der Waals surface area contributed by atoms with Crippen LogP contribution in [0, 0.1) is 5.92 Å². The summed E-state index contributed by atoms with van der Waals surface area (Å²) < 4.78 is 5.33. The molecule has 4 heteroatoms. The molecule has 0 amide bonds. The first kappa shape index (κ1) is 14.1. The van der Waals surface area contributed by atoms with Gasteiger partial charge in [-0.25, -0.2) is 0 Å². The molecule has 0 unspecified atom stereocenters. The van der Waals surface area contributed by atoms with Gasteiger partial charge in [0.2, 0.25) is 5.88 Å². The lowest BCUT2D eigenvalue weighted by atomic mass is 10.0. The van der Waals surface area contributed by atoms with E-state index in [2.05, 4.69) is 36.0 Å². The minimum Gasteiger partial charge on any atom is -0.480 e. The Morgan fingerprint density at radius 2 is 2.00 bits per heavy atom. The smallest absolute Gasteiger partial charge is 0.223 e. The summed E-state index contributed by atoms with van der Waals surface area (Å²) in [6.45, 7) is 4.27. The van der Waals surface area contributed by atoms with Crippen LogP contribution in [-0.4, -0.2) is 17.1 Å². The van der Waals surface area contributed by atoms with E-state index in [4.69, 9.17) is 10.5 Å². The van der Waals surface area contributed by atoms with Gasteiger partial charge in [0.1, 0.15) is 5.82 Å². The van der Waals surface area contributed by atoms with Crippen LogP contribution in [0.2, 0.25) is 0 Å². The standard InChI is InChI=1S/C16H19N3O/c1-11(2)4-5-12-10-18-9-8-13(12)14-6-7-15(17)19-16(14)20-3/h4-11H,1-3H3,(H2,17,19). The minimum absolute atomic E-state index is 0.443. The molecule has 0 radical (unpaired) electrons. The summed E-state index contributed by atoms with van der Waals surface area (Å²) in [5.41, 5.74) is 8.67. The maximum absolute atomic E-state index is 5.70. The van der Waals surface area contributed by atoms with Crippen LogP contribution in [0.25, 0.3) is 17.2 Å². The third-order valence-corrected chi connectivity index (χ3v) is 2.88. The van der Waals surface area contributed by atoms with Gasteiger partial charge in [-0.05, 0) is 29.7 Å². The SMILES string of the molecule is COc1nc(N)ccc1-c1ccncc1C=CC(C)C. The molecule has 104 valence electrons. The van der Waals surface area contributed by atoms with E-state index in [1.54, 1.807) is 19.4 Å². The van der Waals surface area contributed by atoms with Crippen molar-refractivity contribution in [2.24, 2.45) is 5.92 Å². The van der Waals surface area contributed by atoms with E-state index in [1.165, 1.54) is 0 Å². The molecular formula is C16H19N3O. The molecule has 0 saturated carbocycles. The van der Waals surface area contributed by atoms with Crippen molar-refractivity contribution in [3.8, 4) is 17.0 Å². The second kappa shape index (κ2) is 6.19. The molecule has 2 aromatic rings. The summed E-state index contributed by atoms with van der Waals surface area (Å²) in [7, 11) is 1.59. The predicted octanol–water partition coefficient (Wildman–Crippen LogP) is 3.40. The van der Waals surface area contributed by atoms with Crippen molar-refractivity contribution < 1.29 is 4.74 Å². The van der Waals surface area contributed by atoms with Crippen LogP contribution in [0.4, 0.5) is 5.82 Å². The number of nitrogen functional groups attached to an aromatic ring is 1. The molecule has 2 rings (SSSR count). The highest BCUT2D eigenvalue weighted by Crippen LogP contribution is 2.31. The fourth-order valence-electron chi connectivity index (χ4n) is 1.90. The Bertz CT molecular complexity index is 621. The highest BCUT2D eigenvalue weighted by molar-refractivity contribution is 5.78. The van der Waals surface area contributed by atoms with Crippen LogP contribution in [0.3, 0.4) is 0 Å². The summed E-state index contributed by atoms with van der Waals surface area (Å²) in [5.74, 6) is 1.45. The summed E-state index contributed by atoms with van der Waals surface area (Å²) in [6, 6.07) is 5.65. The van der Waals surface area contributed by atoms with Gasteiger partial charge in [0.05, 0.1) is 7.11 Å². The zero-order valence-electron chi connectivity index (χ0n) is 12.0. The highest BCUT2D eigenvalue weighted by atomic mass is 16.5. The molecule has 0 fully saturated rings. The number of pyridine rings is 2. The predicted molar refractivity (Wildman–Crippen MR) is 82.3 cm³/mol. The van der Waals surface area contributed by atoms with E-state index in [9.17, 15) is 0 Å². The van der Waals surface area contributed by atoms with E-state index in [-0.39, 0.29) is 0 Å². The van der Waals surface area contributed by atoms with Crippen LogP contribution < -0.4 is 10.5 Å². The van der Waals surface area contributed by atoms with E-state index in [0.717, 1.165) is 16.7 Å². The van der Waals surface area contributed by atoms with Gasteiger partial charge in [0.25, 0.3) is 0 Å². The third kappa shape index (κ3) is 3.15. The van der Waals surface area contributed by atoms with Crippen molar-refractivity contribution in [1.29, 1.82) is 0 Å². The number of nitrogens with zero attached hydrogens (tertiary/aromatic N) is 2. The van der Waals surface area contributed by atoms with Crippen LogP contribution >= 0.6 is 0 Å². The van der Waals surface area contributed by atoms with E-state index in [1.807, 2.05) is 18.3 Å². The molecule has 0 aromatic carbocycles. The average Bonchev–Trinajstić information content (AvgIpc) is 2.45. The second-order valence-electron chi connectivity index (χ2n) is 4.86. The topological polar surface area (TPSA) is 61.0 Å². The van der Waals surface area contributed by atoms with Crippen LogP contribution in [-0.2, 0) is 0 Å². The fourth-order valence-corrected chi connectivity index (χ4v) is 1.90. The van der Waals surface area contributed by atoms with E-state index >= 15 is 0 Å². The van der Waals surface area contributed by atoms with Crippen molar-refractivity contribution in [2.75, 3.05) is 12.8 Å². The molecule has 0 spiro atoms. The lowest BCUT2D eigenvalue weighted by molar-refractivity contribution is 0.400. The average molecular weight is 269 g/mol. The summed E-state index contributed by atoms with van der Waals surface area (Å²) in [6.07, 6.45) is 7.81. The number of methoxy groups -OCH3 is 1. The lowest BCUT2D eigenvalue weighted by Crippen LogP contribution is -1.97. The number of anilines is 1. The Morgan fingerprint density at radius 3 is 2.70 bits per heavy atom. The van der Waals surface area contributed by atoms with Gasteiger partial charge >= 0.3 is 0 Å². The van der Waals surface area contributed by atoms with Gasteiger partial charge in [0.15, 0.2) is 0 Å². The molecule has 0 aliphatic rings. The normalized spacial score (nSPS) is 11.2. The zero-order valence-corrected chi connectivity index (χ0v) is 12.0. The molecule has 0 atom stereocenters. The number of hydrogen-bond acceptors (Lipinski definition) is 4. The Kier molecular flexibility index (Phi) is 4.35.